The molecule has 0 saturated heterocycles. The molecule has 3 heteroatoms. The lowest BCUT2D eigenvalue weighted by atomic mass is 10.1. The molecule has 20 heavy (non-hydrogen) atoms. The number of benzene rings is 2. The number of hydrogen-bond acceptors (Lipinski definition) is 3. The molecule has 0 radical (unpaired) electrons. The molecule has 0 aromatic heterocycles. The number of ether oxygens (including phenoxy) is 1. The van der Waals surface area contributed by atoms with E-state index in [0.29, 0.717) is 18.3 Å². The van der Waals surface area contributed by atoms with Crippen LogP contribution < -0.4 is 10.1 Å². The van der Waals surface area contributed by atoms with E-state index in [1.165, 1.54) is 11.1 Å². The Labute approximate surface area is 119 Å². The molecule has 0 aliphatic heterocycles. The van der Waals surface area contributed by atoms with Gasteiger partial charge in [-0.05, 0) is 42.2 Å². The minimum Gasteiger partial charge on any atom is -0.508 e. The molecular formula is C17H19NO2. The molecule has 0 saturated carbocycles. The molecule has 2 aromatic carbocycles. The van der Waals surface area contributed by atoms with Crippen LogP contribution in [0.25, 0.3) is 0 Å². The Morgan fingerprint density at radius 2 is 2.10 bits per heavy atom. The Balaban J connectivity index is 1.73. The molecule has 0 amide bonds. The van der Waals surface area contributed by atoms with Gasteiger partial charge < -0.3 is 15.2 Å². The van der Waals surface area contributed by atoms with Crippen LogP contribution in [0.4, 0.5) is 0 Å². The smallest absolute Gasteiger partial charge is 0.120 e. The molecular weight excluding hydrogens is 250 g/mol. The first-order chi connectivity index (χ1) is 9.78. The van der Waals surface area contributed by atoms with Gasteiger partial charge in [0.15, 0.2) is 0 Å². The SMILES string of the molecule is COc1ccc2c(c1)C(NCc1ccccc1O)CC2. The van der Waals surface area contributed by atoms with Crippen molar-refractivity contribution >= 4 is 0 Å². The number of phenolic OH excluding ortho intramolecular Hbond substituents is 1. The van der Waals surface area contributed by atoms with Gasteiger partial charge in [-0.15, -0.1) is 0 Å². The third-order valence-corrected chi connectivity index (χ3v) is 3.96. The minimum atomic E-state index is 0.333. The van der Waals surface area contributed by atoms with E-state index in [0.717, 1.165) is 24.2 Å². The summed E-state index contributed by atoms with van der Waals surface area (Å²) in [6, 6.07) is 14.1. The third kappa shape index (κ3) is 2.49. The van der Waals surface area contributed by atoms with E-state index in [1.807, 2.05) is 24.3 Å². The summed E-state index contributed by atoms with van der Waals surface area (Å²) in [5, 5.41) is 13.3. The van der Waals surface area contributed by atoms with Crippen LogP contribution in [0.15, 0.2) is 42.5 Å². The molecule has 1 unspecified atom stereocenters. The second-order valence-electron chi connectivity index (χ2n) is 5.17. The highest BCUT2D eigenvalue weighted by molar-refractivity contribution is 5.41. The minimum absolute atomic E-state index is 0.333. The van der Waals surface area contributed by atoms with Crippen molar-refractivity contribution in [1.82, 2.24) is 5.32 Å². The van der Waals surface area contributed by atoms with Crippen molar-refractivity contribution in [3.63, 3.8) is 0 Å². The highest BCUT2D eigenvalue weighted by atomic mass is 16.5. The van der Waals surface area contributed by atoms with Crippen molar-refractivity contribution in [3.8, 4) is 11.5 Å². The number of aryl methyl sites for hydroxylation is 1. The van der Waals surface area contributed by atoms with E-state index in [1.54, 1.807) is 13.2 Å². The third-order valence-electron chi connectivity index (χ3n) is 3.96. The predicted molar refractivity (Wildman–Crippen MR) is 79.0 cm³/mol. The first-order valence-electron chi connectivity index (χ1n) is 6.95. The zero-order valence-electron chi connectivity index (χ0n) is 11.6. The van der Waals surface area contributed by atoms with Gasteiger partial charge in [0.1, 0.15) is 11.5 Å². The van der Waals surface area contributed by atoms with Gasteiger partial charge in [0.05, 0.1) is 7.11 Å². The van der Waals surface area contributed by atoms with Crippen LogP contribution in [-0.2, 0) is 13.0 Å². The average molecular weight is 269 g/mol. The Morgan fingerprint density at radius 1 is 1.25 bits per heavy atom. The summed E-state index contributed by atoms with van der Waals surface area (Å²) in [6.07, 6.45) is 2.19. The molecule has 104 valence electrons. The van der Waals surface area contributed by atoms with Gasteiger partial charge in [-0.1, -0.05) is 24.3 Å². The fourth-order valence-electron chi connectivity index (χ4n) is 2.81. The van der Waals surface area contributed by atoms with Gasteiger partial charge in [-0.2, -0.15) is 0 Å². The van der Waals surface area contributed by atoms with E-state index >= 15 is 0 Å². The lowest BCUT2D eigenvalue weighted by Crippen LogP contribution is -2.18. The molecule has 1 aliphatic rings. The Kier molecular flexibility index (Phi) is 3.61. The largest absolute Gasteiger partial charge is 0.508 e. The van der Waals surface area contributed by atoms with Crippen molar-refractivity contribution in [1.29, 1.82) is 0 Å². The van der Waals surface area contributed by atoms with E-state index in [2.05, 4.69) is 17.4 Å². The van der Waals surface area contributed by atoms with Crippen molar-refractivity contribution in [2.75, 3.05) is 7.11 Å². The van der Waals surface area contributed by atoms with Gasteiger partial charge in [0.25, 0.3) is 0 Å². The second-order valence-corrected chi connectivity index (χ2v) is 5.17. The maximum Gasteiger partial charge on any atom is 0.120 e. The number of methoxy groups -OCH3 is 1. The fourth-order valence-corrected chi connectivity index (χ4v) is 2.81. The van der Waals surface area contributed by atoms with Crippen LogP contribution in [0.1, 0.15) is 29.2 Å². The van der Waals surface area contributed by atoms with Crippen molar-refractivity contribution < 1.29 is 9.84 Å². The molecule has 3 rings (SSSR count). The molecule has 3 nitrogen and oxygen atoms in total. The number of fused-ring (bicyclic) bond motifs is 1. The summed E-state index contributed by atoms with van der Waals surface area (Å²) in [5.74, 6) is 1.25. The summed E-state index contributed by atoms with van der Waals surface area (Å²) in [4.78, 5) is 0. The van der Waals surface area contributed by atoms with E-state index < -0.39 is 0 Å². The maximum atomic E-state index is 9.80. The maximum absolute atomic E-state index is 9.80. The predicted octanol–water partition coefficient (Wildman–Crippen LogP) is 3.18. The molecule has 0 fully saturated rings. The first-order valence-corrected chi connectivity index (χ1v) is 6.95. The van der Waals surface area contributed by atoms with Crippen LogP contribution in [0.5, 0.6) is 11.5 Å². The van der Waals surface area contributed by atoms with Gasteiger partial charge in [-0.3, -0.25) is 0 Å². The van der Waals surface area contributed by atoms with Crippen molar-refractivity contribution in [2.45, 2.75) is 25.4 Å². The summed E-state index contributed by atoms with van der Waals surface area (Å²) in [5.41, 5.74) is 3.64. The van der Waals surface area contributed by atoms with Crippen LogP contribution in [0.3, 0.4) is 0 Å². The Morgan fingerprint density at radius 3 is 2.90 bits per heavy atom. The van der Waals surface area contributed by atoms with Crippen LogP contribution in [0, 0.1) is 0 Å². The molecule has 1 atom stereocenters. The number of aromatic hydroxyl groups is 1. The first kappa shape index (κ1) is 13.0. The van der Waals surface area contributed by atoms with Crippen LogP contribution in [-0.4, -0.2) is 12.2 Å². The molecule has 1 aliphatic carbocycles. The standard InChI is InChI=1S/C17H19NO2/c1-20-14-8-6-12-7-9-16(15(12)10-14)18-11-13-4-2-3-5-17(13)19/h2-6,8,10,16,18-19H,7,9,11H2,1H3. The van der Waals surface area contributed by atoms with Gasteiger partial charge in [0.2, 0.25) is 0 Å². The topological polar surface area (TPSA) is 41.5 Å². The van der Waals surface area contributed by atoms with E-state index in [4.69, 9.17) is 4.74 Å². The van der Waals surface area contributed by atoms with Crippen molar-refractivity contribution in [2.24, 2.45) is 0 Å². The lowest BCUT2D eigenvalue weighted by molar-refractivity contribution is 0.413. The summed E-state index contributed by atoms with van der Waals surface area (Å²) >= 11 is 0. The number of nitrogens with one attached hydrogen (secondary N) is 1. The van der Waals surface area contributed by atoms with E-state index in [9.17, 15) is 5.11 Å². The zero-order valence-corrected chi connectivity index (χ0v) is 11.6. The second kappa shape index (κ2) is 5.55. The summed E-state index contributed by atoms with van der Waals surface area (Å²) in [7, 11) is 1.70. The van der Waals surface area contributed by atoms with Crippen molar-refractivity contribution in [3.05, 3.63) is 59.2 Å². The molecule has 0 spiro atoms. The number of para-hydroxylation sites is 1. The summed E-state index contributed by atoms with van der Waals surface area (Å²) in [6.45, 7) is 0.675. The highest BCUT2D eigenvalue weighted by Gasteiger charge is 2.22. The molecule has 2 N–H and O–H groups in total. The Hall–Kier alpha value is -2.00. The van der Waals surface area contributed by atoms with Crippen LogP contribution >= 0.6 is 0 Å². The zero-order chi connectivity index (χ0) is 13.9. The highest BCUT2D eigenvalue weighted by Crippen LogP contribution is 2.34. The quantitative estimate of drug-likeness (QED) is 0.895. The van der Waals surface area contributed by atoms with Gasteiger partial charge in [0, 0.05) is 18.2 Å². The number of phenols is 1. The molecule has 0 bridgehead atoms. The molecule has 0 heterocycles. The normalized spacial score (nSPS) is 16.9. The van der Waals surface area contributed by atoms with Gasteiger partial charge in [-0.25, -0.2) is 0 Å². The fraction of sp³-hybridized carbons (Fsp3) is 0.294. The van der Waals surface area contributed by atoms with Gasteiger partial charge >= 0.3 is 0 Å². The molecule has 2 aromatic rings. The van der Waals surface area contributed by atoms with Crippen LogP contribution in [0.2, 0.25) is 0 Å². The number of hydrogen-bond donors (Lipinski definition) is 2. The Bertz CT molecular complexity index is 610. The van der Waals surface area contributed by atoms with E-state index in [-0.39, 0.29) is 0 Å². The lowest BCUT2D eigenvalue weighted by Gasteiger charge is -2.15. The number of rotatable bonds is 4. The average Bonchev–Trinajstić information content (AvgIpc) is 2.88. The summed E-state index contributed by atoms with van der Waals surface area (Å²) < 4.78 is 5.30. The monoisotopic (exact) mass is 269 g/mol.